The fourth-order valence-electron chi connectivity index (χ4n) is 1.37. The number of carbonyl (C=O) groups excluding carboxylic acids is 1. The lowest BCUT2D eigenvalue weighted by atomic mass is 10.2. The van der Waals surface area contributed by atoms with Gasteiger partial charge in [0, 0.05) is 17.6 Å². The van der Waals surface area contributed by atoms with Gasteiger partial charge in [-0.05, 0) is 6.07 Å². The smallest absolute Gasteiger partial charge is 0.337 e. The highest BCUT2D eigenvalue weighted by molar-refractivity contribution is 7.13. The molecule has 0 radical (unpaired) electrons. The van der Waals surface area contributed by atoms with Crippen molar-refractivity contribution in [2.45, 2.75) is 0 Å². The number of aromatic carboxylic acids is 1. The van der Waals surface area contributed by atoms with Crippen LogP contribution in [0.4, 0.5) is 10.7 Å². The Labute approximate surface area is 115 Å². The largest absolute Gasteiger partial charge is 0.478 e. The van der Waals surface area contributed by atoms with Gasteiger partial charge >= 0.3 is 11.0 Å². The molecule has 2 heterocycles. The Hall–Kier alpha value is -2.81. The number of carboxylic acid groups (broad SMARTS) is 1. The molecule has 9 heteroatoms. The fourth-order valence-corrected chi connectivity index (χ4v) is 2.07. The standard InChI is InChI=1S/C11H7N3O5S/c15-10(7-2-9(14(18)19)20-5-7)13-8-1-6(11(16)17)3-12-4-8/h1-5H,(H,13,15)(H,16,17). The number of nitro groups is 1. The number of nitrogens with zero attached hydrogens (tertiary/aromatic N) is 2. The van der Waals surface area contributed by atoms with Crippen molar-refractivity contribution in [3.8, 4) is 0 Å². The van der Waals surface area contributed by atoms with Gasteiger partial charge < -0.3 is 10.4 Å². The predicted octanol–water partition coefficient (Wildman–Crippen LogP) is 2.00. The molecule has 20 heavy (non-hydrogen) atoms. The SMILES string of the molecule is O=C(O)c1cncc(NC(=O)c2csc([N+](=O)[O-])c2)c1. The second kappa shape index (κ2) is 5.45. The van der Waals surface area contributed by atoms with Crippen molar-refractivity contribution in [3.05, 3.63) is 51.1 Å². The maximum atomic E-state index is 11.8. The summed E-state index contributed by atoms with van der Waals surface area (Å²) in [6, 6.07) is 2.39. The third-order valence-corrected chi connectivity index (χ3v) is 3.15. The minimum absolute atomic E-state index is 0.0703. The van der Waals surface area contributed by atoms with E-state index < -0.39 is 16.8 Å². The molecule has 102 valence electrons. The Kier molecular flexibility index (Phi) is 3.71. The number of rotatable bonds is 4. The molecule has 0 atom stereocenters. The van der Waals surface area contributed by atoms with Crippen molar-refractivity contribution in [1.82, 2.24) is 4.98 Å². The Bertz CT molecular complexity index is 697. The van der Waals surface area contributed by atoms with Crippen LogP contribution in [-0.2, 0) is 0 Å². The van der Waals surface area contributed by atoms with Gasteiger partial charge in [-0.2, -0.15) is 0 Å². The molecule has 0 aliphatic heterocycles. The minimum Gasteiger partial charge on any atom is -0.478 e. The molecule has 0 spiro atoms. The van der Waals surface area contributed by atoms with Crippen LogP contribution in [-0.4, -0.2) is 26.9 Å². The molecule has 2 N–H and O–H groups in total. The maximum Gasteiger partial charge on any atom is 0.337 e. The van der Waals surface area contributed by atoms with Crippen molar-refractivity contribution >= 4 is 33.9 Å². The van der Waals surface area contributed by atoms with E-state index in [0.717, 1.165) is 23.6 Å². The first kappa shape index (κ1) is 13.6. The van der Waals surface area contributed by atoms with E-state index in [1.54, 1.807) is 0 Å². The van der Waals surface area contributed by atoms with Crippen LogP contribution in [0.3, 0.4) is 0 Å². The number of carboxylic acids is 1. The van der Waals surface area contributed by atoms with Crippen molar-refractivity contribution in [3.63, 3.8) is 0 Å². The zero-order chi connectivity index (χ0) is 14.7. The molecule has 0 aliphatic carbocycles. The third-order valence-electron chi connectivity index (χ3n) is 2.27. The quantitative estimate of drug-likeness (QED) is 0.656. The second-order valence-electron chi connectivity index (χ2n) is 3.65. The number of carbonyl (C=O) groups is 2. The topological polar surface area (TPSA) is 122 Å². The van der Waals surface area contributed by atoms with E-state index in [1.165, 1.54) is 17.6 Å². The second-order valence-corrected chi connectivity index (χ2v) is 4.54. The third kappa shape index (κ3) is 2.95. The number of anilines is 1. The first-order valence-corrected chi connectivity index (χ1v) is 6.08. The molecule has 0 saturated heterocycles. The summed E-state index contributed by atoms with van der Waals surface area (Å²) in [5.74, 6) is -1.74. The van der Waals surface area contributed by atoms with Gasteiger partial charge in [-0.1, -0.05) is 11.3 Å². The van der Waals surface area contributed by atoms with E-state index in [0.29, 0.717) is 0 Å². The van der Waals surface area contributed by atoms with E-state index in [4.69, 9.17) is 5.11 Å². The molecular weight excluding hydrogens is 286 g/mol. The van der Waals surface area contributed by atoms with Crippen LogP contribution in [0.5, 0.6) is 0 Å². The lowest BCUT2D eigenvalue weighted by Crippen LogP contribution is -2.11. The van der Waals surface area contributed by atoms with Crippen molar-refractivity contribution in [2.75, 3.05) is 5.32 Å². The van der Waals surface area contributed by atoms with Gasteiger partial charge in [-0.15, -0.1) is 0 Å². The highest BCUT2D eigenvalue weighted by Crippen LogP contribution is 2.23. The molecule has 2 rings (SSSR count). The molecular formula is C11H7N3O5S. The summed E-state index contributed by atoms with van der Waals surface area (Å²) >= 11 is 0.835. The Balaban J connectivity index is 2.16. The van der Waals surface area contributed by atoms with Crippen LogP contribution in [0.2, 0.25) is 0 Å². The van der Waals surface area contributed by atoms with E-state index >= 15 is 0 Å². The van der Waals surface area contributed by atoms with Gasteiger partial charge in [0.15, 0.2) is 0 Å². The van der Waals surface area contributed by atoms with Crippen molar-refractivity contribution < 1.29 is 19.6 Å². The summed E-state index contributed by atoms with van der Waals surface area (Å²) in [6.07, 6.45) is 2.43. The number of amides is 1. The van der Waals surface area contributed by atoms with Crippen LogP contribution in [0.1, 0.15) is 20.7 Å². The van der Waals surface area contributed by atoms with Gasteiger partial charge in [-0.25, -0.2) is 4.79 Å². The van der Waals surface area contributed by atoms with Crippen molar-refractivity contribution in [1.29, 1.82) is 0 Å². The van der Waals surface area contributed by atoms with Crippen LogP contribution in [0.15, 0.2) is 29.9 Å². The van der Waals surface area contributed by atoms with Crippen molar-refractivity contribution in [2.24, 2.45) is 0 Å². The predicted molar refractivity (Wildman–Crippen MR) is 70.1 cm³/mol. The summed E-state index contributed by atoms with van der Waals surface area (Å²) in [6.45, 7) is 0. The van der Waals surface area contributed by atoms with Gasteiger partial charge in [-0.3, -0.25) is 19.9 Å². The average molecular weight is 293 g/mol. The Morgan fingerprint density at radius 2 is 2.05 bits per heavy atom. The molecule has 0 unspecified atom stereocenters. The average Bonchev–Trinajstić information content (AvgIpc) is 2.88. The number of hydrogen-bond acceptors (Lipinski definition) is 6. The molecule has 2 aromatic heterocycles. The van der Waals surface area contributed by atoms with E-state index in [-0.39, 0.29) is 21.8 Å². The number of pyridine rings is 1. The summed E-state index contributed by atoms with van der Waals surface area (Å²) in [5, 5.41) is 23.0. The molecule has 2 aromatic rings. The lowest BCUT2D eigenvalue weighted by Gasteiger charge is -2.03. The molecule has 8 nitrogen and oxygen atoms in total. The van der Waals surface area contributed by atoms with E-state index in [1.807, 2.05) is 0 Å². The molecule has 0 saturated carbocycles. The fraction of sp³-hybridized carbons (Fsp3) is 0. The highest BCUT2D eigenvalue weighted by Gasteiger charge is 2.15. The molecule has 0 bridgehead atoms. The molecule has 0 aliphatic rings. The number of aromatic nitrogens is 1. The normalized spacial score (nSPS) is 10.0. The zero-order valence-corrected chi connectivity index (χ0v) is 10.6. The van der Waals surface area contributed by atoms with Gasteiger partial charge in [0.05, 0.1) is 27.9 Å². The van der Waals surface area contributed by atoms with Crippen LogP contribution in [0, 0.1) is 10.1 Å². The summed E-state index contributed by atoms with van der Waals surface area (Å²) in [4.78, 5) is 36.2. The Morgan fingerprint density at radius 1 is 1.30 bits per heavy atom. The maximum absolute atomic E-state index is 11.8. The first-order chi connectivity index (χ1) is 9.47. The van der Waals surface area contributed by atoms with Gasteiger partial charge in [0.2, 0.25) is 0 Å². The molecule has 0 fully saturated rings. The van der Waals surface area contributed by atoms with Crippen LogP contribution < -0.4 is 5.32 Å². The highest BCUT2D eigenvalue weighted by atomic mass is 32.1. The Morgan fingerprint density at radius 3 is 2.65 bits per heavy atom. The number of hydrogen-bond donors (Lipinski definition) is 2. The summed E-state index contributed by atoms with van der Waals surface area (Å²) in [5.41, 5.74) is 0.255. The molecule has 1 amide bonds. The van der Waals surface area contributed by atoms with Gasteiger partial charge in [0.1, 0.15) is 0 Å². The zero-order valence-electron chi connectivity index (χ0n) is 9.77. The van der Waals surface area contributed by atoms with E-state index in [9.17, 15) is 19.7 Å². The summed E-state index contributed by atoms with van der Waals surface area (Å²) in [7, 11) is 0. The van der Waals surface area contributed by atoms with Crippen LogP contribution in [0.25, 0.3) is 0 Å². The number of thiophene rings is 1. The monoisotopic (exact) mass is 293 g/mol. The van der Waals surface area contributed by atoms with Gasteiger partial charge in [0.25, 0.3) is 5.91 Å². The van der Waals surface area contributed by atoms with Crippen LogP contribution >= 0.6 is 11.3 Å². The summed E-state index contributed by atoms with van der Waals surface area (Å²) < 4.78 is 0. The lowest BCUT2D eigenvalue weighted by molar-refractivity contribution is -0.380. The molecule has 0 aromatic carbocycles. The minimum atomic E-state index is -1.17. The first-order valence-electron chi connectivity index (χ1n) is 5.20. The number of nitrogens with one attached hydrogen (secondary N) is 1. The van der Waals surface area contributed by atoms with E-state index in [2.05, 4.69) is 10.3 Å².